The number of primary amides is 1. The van der Waals surface area contributed by atoms with Crippen LogP contribution < -0.4 is 11.3 Å². The molecule has 3 aromatic carbocycles. The van der Waals surface area contributed by atoms with Gasteiger partial charge in [0.05, 0.1) is 21.8 Å². The van der Waals surface area contributed by atoms with Crippen LogP contribution in [0.5, 0.6) is 0 Å². The zero-order valence-electron chi connectivity index (χ0n) is 23.9. The Labute approximate surface area is 248 Å². The Kier molecular flexibility index (Phi) is 9.06. The molecule has 2 heterocycles. The fourth-order valence-electron chi connectivity index (χ4n) is 5.55. The van der Waals surface area contributed by atoms with E-state index in [9.17, 15) is 18.8 Å². The number of halogens is 1. The molecule has 2 amide bonds. The van der Waals surface area contributed by atoms with Gasteiger partial charge in [0.15, 0.2) is 5.16 Å². The number of amides is 2. The molecule has 1 aliphatic rings. The van der Waals surface area contributed by atoms with E-state index in [1.54, 1.807) is 22.8 Å². The second-order valence-corrected chi connectivity index (χ2v) is 11.9. The Morgan fingerprint density at radius 2 is 1.76 bits per heavy atom. The SMILES string of the molecule is CCCCC(Sc1nc2ccccc2c(=O)n1-c1cccc(-c2ccc(F)cc2)c1C)C(=O)N1CCC(C(N)=O)CC1. The molecule has 0 bridgehead atoms. The molecule has 1 aliphatic heterocycles. The molecule has 218 valence electrons. The van der Waals surface area contributed by atoms with Crippen LogP contribution in [0.15, 0.2) is 76.7 Å². The Hall–Kier alpha value is -3.98. The van der Waals surface area contributed by atoms with Gasteiger partial charge in [-0.25, -0.2) is 9.37 Å². The van der Waals surface area contributed by atoms with Gasteiger partial charge in [0, 0.05) is 19.0 Å². The highest BCUT2D eigenvalue weighted by atomic mass is 32.2. The number of likely N-dealkylation sites (tertiary alicyclic amines) is 1. The standard InChI is InChI=1S/C33H35FN4O3S/c1-3-4-12-29(32(41)37-19-17-23(18-20-37)30(35)39)42-33-36-27-10-6-5-8-26(27)31(40)38(33)28-11-7-9-25(21(28)2)22-13-15-24(34)16-14-22/h5-11,13-16,23,29H,3-4,12,17-20H2,1-2H3,(H2,35,39). The lowest BCUT2D eigenvalue weighted by Gasteiger charge is -2.33. The molecule has 9 heteroatoms. The monoisotopic (exact) mass is 586 g/mol. The van der Waals surface area contributed by atoms with Gasteiger partial charge >= 0.3 is 0 Å². The van der Waals surface area contributed by atoms with E-state index >= 15 is 0 Å². The summed E-state index contributed by atoms with van der Waals surface area (Å²) in [4.78, 5) is 46.4. The van der Waals surface area contributed by atoms with E-state index in [1.807, 2.05) is 48.2 Å². The molecule has 1 saturated heterocycles. The highest BCUT2D eigenvalue weighted by Gasteiger charge is 2.32. The van der Waals surface area contributed by atoms with Gasteiger partial charge in [0.1, 0.15) is 5.82 Å². The van der Waals surface area contributed by atoms with Gasteiger partial charge < -0.3 is 10.6 Å². The van der Waals surface area contributed by atoms with Crippen LogP contribution in [0.3, 0.4) is 0 Å². The number of carbonyl (C=O) groups is 2. The van der Waals surface area contributed by atoms with E-state index in [0.717, 1.165) is 29.5 Å². The maximum Gasteiger partial charge on any atom is 0.266 e. The van der Waals surface area contributed by atoms with Crippen LogP contribution in [0.2, 0.25) is 0 Å². The second-order valence-electron chi connectivity index (χ2n) is 10.8. The Bertz CT molecular complexity index is 1660. The van der Waals surface area contributed by atoms with E-state index in [0.29, 0.717) is 54.1 Å². The number of piperidine rings is 1. The average molecular weight is 587 g/mol. The molecule has 1 atom stereocenters. The minimum Gasteiger partial charge on any atom is -0.369 e. The number of nitrogens with two attached hydrogens (primary N) is 1. The van der Waals surface area contributed by atoms with E-state index in [2.05, 4.69) is 6.92 Å². The fourth-order valence-corrected chi connectivity index (χ4v) is 6.78. The zero-order chi connectivity index (χ0) is 29.8. The number of aromatic nitrogens is 2. The highest BCUT2D eigenvalue weighted by molar-refractivity contribution is 8.00. The van der Waals surface area contributed by atoms with Crippen LogP contribution in [0, 0.1) is 18.7 Å². The Morgan fingerprint density at radius 3 is 2.45 bits per heavy atom. The Balaban J connectivity index is 1.58. The summed E-state index contributed by atoms with van der Waals surface area (Å²) in [6.45, 7) is 4.98. The number of carbonyl (C=O) groups excluding carboxylic acids is 2. The molecule has 4 aromatic rings. The lowest BCUT2D eigenvalue weighted by Crippen LogP contribution is -2.45. The van der Waals surface area contributed by atoms with Crippen LogP contribution in [0.1, 0.15) is 44.6 Å². The van der Waals surface area contributed by atoms with Crippen molar-refractivity contribution in [2.45, 2.75) is 56.4 Å². The minimum absolute atomic E-state index is 0.0119. The van der Waals surface area contributed by atoms with E-state index in [1.165, 1.54) is 23.9 Å². The predicted molar refractivity (Wildman–Crippen MR) is 165 cm³/mol. The van der Waals surface area contributed by atoms with Crippen molar-refractivity contribution < 1.29 is 14.0 Å². The molecule has 1 aromatic heterocycles. The second kappa shape index (κ2) is 12.9. The van der Waals surface area contributed by atoms with Crippen molar-refractivity contribution in [2.24, 2.45) is 11.7 Å². The third-order valence-electron chi connectivity index (χ3n) is 8.00. The van der Waals surface area contributed by atoms with Gasteiger partial charge in [-0.2, -0.15) is 0 Å². The number of nitrogens with zero attached hydrogens (tertiary/aromatic N) is 3. The number of benzene rings is 3. The largest absolute Gasteiger partial charge is 0.369 e. The molecule has 0 saturated carbocycles. The first kappa shape index (κ1) is 29.5. The third kappa shape index (κ3) is 6.11. The van der Waals surface area contributed by atoms with Crippen LogP contribution >= 0.6 is 11.8 Å². The minimum atomic E-state index is -0.449. The molecule has 7 nitrogen and oxygen atoms in total. The number of hydrogen-bond donors (Lipinski definition) is 1. The zero-order valence-corrected chi connectivity index (χ0v) is 24.7. The van der Waals surface area contributed by atoms with Gasteiger partial charge in [0.2, 0.25) is 11.8 Å². The first-order valence-electron chi connectivity index (χ1n) is 14.4. The fraction of sp³-hybridized carbons (Fsp3) is 0.333. The molecule has 0 radical (unpaired) electrons. The van der Waals surface area contributed by atoms with E-state index in [4.69, 9.17) is 10.7 Å². The van der Waals surface area contributed by atoms with Crippen LogP contribution in [0.25, 0.3) is 27.7 Å². The summed E-state index contributed by atoms with van der Waals surface area (Å²) in [5.74, 6) is -0.856. The molecule has 1 fully saturated rings. The molecule has 2 N–H and O–H groups in total. The summed E-state index contributed by atoms with van der Waals surface area (Å²) < 4.78 is 15.3. The summed E-state index contributed by atoms with van der Waals surface area (Å²) in [7, 11) is 0. The van der Waals surface area contributed by atoms with Crippen molar-refractivity contribution in [3.05, 3.63) is 88.5 Å². The van der Waals surface area contributed by atoms with Crippen molar-refractivity contribution in [3.8, 4) is 16.8 Å². The van der Waals surface area contributed by atoms with Gasteiger partial charge in [-0.05, 0) is 73.2 Å². The number of thioether (sulfide) groups is 1. The molecular formula is C33H35FN4O3S. The smallest absolute Gasteiger partial charge is 0.266 e. The van der Waals surface area contributed by atoms with Crippen LogP contribution in [0.4, 0.5) is 4.39 Å². The van der Waals surface area contributed by atoms with Crippen molar-refractivity contribution in [2.75, 3.05) is 13.1 Å². The van der Waals surface area contributed by atoms with Crippen molar-refractivity contribution in [3.63, 3.8) is 0 Å². The lowest BCUT2D eigenvalue weighted by atomic mass is 9.96. The maximum atomic E-state index is 14.1. The Morgan fingerprint density at radius 1 is 1.05 bits per heavy atom. The van der Waals surface area contributed by atoms with E-state index in [-0.39, 0.29) is 29.1 Å². The summed E-state index contributed by atoms with van der Waals surface area (Å²) in [5.41, 5.74) is 9.07. The molecule has 5 rings (SSSR count). The topological polar surface area (TPSA) is 98.3 Å². The lowest BCUT2D eigenvalue weighted by molar-refractivity contribution is -0.134. The molecule has 0 spiro atoms. The maximum absolute atomic E-state index is 14.1. The number of rotatable bonds is 9. The van der Waals surface area contributed by atoms with Crippen molar-refractivity contribution in [1.82, 2.24) is 14.5 Å². The summed E-state index contributed by atoms with van der Waals surface area (Å²) in [6.07, 6.45) is 3.51. The van der Waals surface area contributed by atoms with Gasteiger partial charge in [-0.3, -0.25) is 19.0 Å². The molecule has 1 unspecified atom stereocenters. The van der Waals surface area contributed by atoms with E-state index < -0.39 is 5.25 Å². The van der Waals surface area contributed by atoms with Gasteiger partial charge in [0.25, 0.3) is 5.56 Å². The molecular weight excluding hydrogens is 551 g/mol. The van der Waals surface area contributed by atoms with Crippen LogP contribution in [-0.4, -0.2) is 44.6 Å². The van der Waals surface area contributed by atoms with Crippen molar-refractivity contribution in [1.29, 1.82) is 0 Å². The van der Waals surface area contributed by atoms with Gasteiger partial charge in [-0.15, -0.1) is 0 Å². The quantitative estimate of drug-likeness (QED) is 0.195. The number of para-hydroxylation sites is 1. The third-order valence-corrected chi connectivity index (χ3v) is 9.20. The van der Waals surface area contributed by atoms with Crippen molar-refractivity contribution >= 4 is 34.5 Å². The number of unbranched alkanes of at least 4 members (excludes halogenated alkanes) is 1. The first-order valence-corrected chi connectivity index (χ1v) is 15.3. The first-order chi connectivity index (χ1) is 20.3. The van der Waals surface area contributed by atoms with Crippen LogP contribution in [-0.2, 0) is 9.59 Å². The predicted octanol–water partition coefficient (Wildman–Crippen LogP) is 5.88. The number of hydrogen-bond acceptors (Lipinski definition) is 5. The number of fused-ring (bicyclic) bond motifs is 1. The summed E-state index contributed by atoms with van der Waals surface area (Å²) in [6, 6.07) is 19.2. The summed E-state index contributed by atoms with van der Waals surface area (Å²) >= 11 is 1.32. The highest BCUT2D eigenvalue weighted by Crippen LogP contribution is 2.33. The average Bonchev–Trinajstić information content (AvgIpc) is 3.00. The molecule has 0 aliphatic carbocycles. The summed E-state index contributed by atoms with van der Waals surface area (Å²) in [5, 5.41) is 0.480. The normalized spacial score (nSPS) is 14.7. The van der Waals surface area contributed by atoms with Gasteiger partial charge in [-0.1, -0.05) is 67.9 Å². The molecule has 42 heavy (non-hydrogen) atoms.